The summed E-state index contributed by atoms with van der Waals surface area (Å²) in [6.07, 6.45) is 8.25. The van der Waals surface area contributed by atoms with Crippen LogP contribution in [0.15, 0.2) is 30.5 Å². The molecule has 0 saturated carbocycles. The zero-order valence-electron chi connectivity index (χ0n) is 13.0. The van der Waals surface area contributed by atoms with Gasteiger partial charge in [-0.25, -0.2) is 4.98 Å². The van der Waals surface area contributed by atoms with Gasteiger partial charge in [0, 0.05) is 12.1 Å². The highest BCUT2D eigenvalue weighted by Gasteiger charge is 2.07. The maximum absolute atomic E-state index is 5.38. The molecule has 2 N–H and O–H groups in total. The van der Waals surface area contributed by atoms with Crippen molar-refractivity contribution < 1.29 is 4.74 Å². The Morgan fingerprint density at radius 3 is 2.76 bits per heavy atom. The Labute approximate surface area is 127 Å². The molecule has 1 heterocycles. The number of nitrogens with zero attached hydrogens (tertiary/aromatic N) is 1. The van der Waals surface area contributed by atoms with Crippen LogP contribution in [-0.2, 0) is 0 Å². The van der Waals surface area contributed by atoms with Gasteiger partial charge in [-0.05, 0) is 18.6 Å². The first-order chi connectivity index (χ1) is 10.3. The van der Waals surface area contributed by atoms with E-state index in [-0.39, 0.29) is 0 Å². The number of anilines is 1. The molecule has 0 atom stereocenters. The van der Waals surface area contributed by atoms with Crippen molar-refractivity contribution in [1.82, 2.24) is 9.97 Å². The second-order valence-corrected chi connectivity index (χ2v) is 5.19. The maximum Gasteiger partial charge on any atom is 0.200 e. The first-order valence-electron chi connectivity index (χ1n) is 7.77. The van der Waals surface area contributed by atoms with Gasteiger partial charge in [0.15, 0.2) is 0 Å². The number of methoxy groups -OCH3 is 1. The van der Waals surface area contributed by atoms with Crippen molar-refractivity contribution in [2.75, 3.05) is 19.0 Å². The molecule has 1 aromatic carbocycles. The van der Waals surface area contributed by atoms with Gasteiger partial charge in [-0.1, -0.05) is 44.7 Å². The van der Waals surface area contributed by atoms with Crippen LogP contribution < -0.4 is 10.1 Å². The molecule has 0 unspecified atom stereocenters. The van der Waals surface area contributed by atoms with Crippen molar-refractivity contribution in [3.05, 3.63) is 30.5 Å². The fourth-order valence-electron chi connectivity index (χ4n) is 2.35. The lowest BCUT2D eigenvalue weighted by molar-refractivity contribution is 0.416. The number of hydrogen-bond donors (Lipinski definition) is 2. The molecule has 0 spiro atoms. The molecule has 0 radical (unpaired) electrons. The topological polar surface area (TPSA) is 49.9 Å². The van der Waals surface area contributed by atoms with Crippen LogP contribution in [0.3, 0.4) is 0 Å². The van der Waals surface area contributed by atoms with Crippen molar-refractivity contribution in [1.29, 1.82) is 0 Å². The lowest BCUT2D eigenvalue weighted by Crippen LogP contribution is -2.02. The zero-order chi connectivity index (χ0) is 14.9. The Balaban J connectivity index is 1.87. The standard InChI is InChI=1S/C17H25N3O/c1-3-4-5-6-9-12-18-17-19-13-15(20-17)14-10-7-8-11-16(14)21-2/h7-8,10-11,13H,3-6,9,12H2,1-2H3,(H2,18,19,20). The average Bonchev–Trinajstić information content (AvgIpc) is 2.99. The predicted octanol–water partition coefficient (Wildman–Crippen LogP) is 4.47. The van der Waals surface area contributed by atoms with Crippen LogP contribution in [0.25, 0.3) is 11.3 Å². The van der Waals surface area contributed by atoms with Crippen molar-refractivity contribution in [3.63, 3.8) is 0 Å². The van der Waals surface area contributed by atoms with E-state index in [1.54, 1.807) is 7.11 Å². The first kappa shape index (κ1) is 15.4. The van der Waals surface area contributed by atoms with Crippen LogP contribution in [0, 0.1) is 0 Å². The third-order valence-corrected chi connectivity index (χ3v) is 3.55. The lowest BCUT2D eigenvalue weighted by atomic mass is 10.1. The van der Waals surface area contributed by atoms with Crippen LogP contribution in [0.1, 0.15) is 39.0 Å². The molecule has 4 nitrogen and oxygen atoms in total. The average molecular weight is 287 g/mol. The molecule has 0 saturated heterocycles. The minimum Gasteiger partial charge on any atom is -0.496 e. The molecule has 0 amide bonds. The number of unbranched alkanes of at least 4 members (excludes halogenated alkanes) is 4. The molecule has 114 valence electrons. The number of rotatable bonds is 9. The van der Waals surface area contributed by atoms with Gasteiger partial charge in [0.25, 0.3) is 0 Å². The van der Waals surface area contributed by atoms with E-state index in [1.807, 2.05) is 30.5 Å². The molecular formula is C17H25N3O. The van der Waals surface area contributed by atoms with E-state index >= 15 is 0 Å². The van der Waals surface area contributed by atoms with E-state index in [0.29, 0.717) is 0 Å². The second-order valence-electron chi connectivity index (χ2n) is 5.19. The summed E-state index contributed by atoms with van der Waals surface area (Å²) in [7, 11) is 1.69. The van der Waals surface area contributed by atoms with Gasteiger partial charge >= 0.3 is 0 Å². The minimum absolute atomic E-state index is 0.825. The molecular weight excluding hydrogens is 262 g/mol. The fraction of sp³-hybridized carbons (Fsp3) is 0.471. The van der Waals surface area contributed by atoms with Gasteiger partial charge in [0.05, 0.1) is 19.0 Å². The van der Waals surface area contributed by atoms with Crippen LogP contribution in [0.5, 0.6) is 5.75 Å². The summed E-state index contributed by atoms with van der Waals surface area (Å²) in [5.74, 6) is 1.68. The number of para-hydroxylation sites is 1. The molecule has 4 heteroatoms. The van der Waals surface area contributed by atoms with Gasteiger partial charge in [-0.15, -0.1) is 0 Å². The molecule has 0 fully saturated rings. The quantitative estimate of drug-likeness (QED) is 0.669. The Bertz CT molecular complexity index is 536. The summed E-state index contributed by atoms with van der Waals surface area (Å²) < 4.78 is 5.38. The molecule has 0 aliphatic heterocycles. The van der Waals surface area contributed by atoms with E-state index in [0.717, 1.165) is 29.5 Å². The molecule has 0 aliphatic carbocycles. The lowest BCUT2D eigenvalue weighted by Gasteiger charge is -2.06. The summed E-state index contributed by atoms with van der Waals surface area (Å²) >= 11 is 0. The van der Waals surface area contributed by atoms with Crippen LogP contribution in [-0.4, -0.2) is 23.6 Å². The number of ether oxygens (including phenoxy) is 1. The Morgan fingerprint density at radius 2 is 1.95 bits per heavy atom. The molecule has 0 bridgehead atoms. The highest BCUT2D eigenvalue weighted by Crippen LogP contribution is 2.28. The molecule has 2 rings (SSSR count). The number of aromatic nitrogens is 2. The Hall–Kier alpha value is -1.97. The van der Waals surface area contributed by atoms with Crippen molar-refractivity contribution in [2.45, 2.75) is 39.0 Å². The maximum atomic E-state index is 5.38. The molecule has 0 aliphatic rings. The normalized spacial score (nSPS) is 10.6. The van der Waals surface area contributed by atoms with E-state index in [9.17, 15) is 0 Å². The van der Waals surface area contributed by atoms with Crippen molar-refractivity contribution in [2.24, 2.45) is 0 Å². The third kappa shape index (κ3) is 4.52. The minimum atomic E-state index is 0.825. The van der Waals surface area contributed by atoms with E-state index in [4.69, 9.17) is 4.74 Å². The van der Waals surface area contributed by atoms with Gasteiger partial charge in [0.2, 0.25) is 5.95 Å². The number of aromatic amines is 1. The monoisotopic (exact) mass is 287 g/mol. The summed E-state index contributed by atoms with van der Waals surface area (Å²) in [6.45, 7) is 3.20. The van der Waals surface area contributed by atoms with E-state index in [1.165, 1.54) is 32.1 Å². The smallest absolute Gasteiger partial charge is 0.200 e. The Morgan fingerprint density at radius 1 is 1.14 bits per heavy atom. The summed E-state index contributed by atoms with van der Waals surface area (Å²) in [6, 6.07) is 7.95. The third-order valence-electron chi connectivity index (χ3n) is 3.55. The van der Waals surface area contributed by atoms with E-state index < -0.39 is 0 Å². The predicted molar refractivity (Wildman–Crippen MR) is 87.8 cm³/mol. The number of imidazole rings is 1. The molecule has 2 aromatic rings. The molecule has 1 aromatic heterocycles. The summed E-state index contributed by atoms with van der Waals surface area (Å²) in [5.41, 5.74) is 2.00. The summed E-state index contributed by atoms with van der Waals surface area (Å²) in [4.78, 5) is 7.68. The summed E-state index contributed by atoms with van der Waals surface area (Å²) in [5, 5.41) is 3.34. The van der Waals surface area contributed by atoms with Gasteiger partial charge in [0.1, 0.15) is 5.75 Å². The Kier molecular flexibility index (Phi) is 6.13. The highest BCUT2D eigenvalue weighted by molar-refractivity contribution is 5.67. The van der Waals surface area contributed by atoms with E-state index in [2.05, 4.69) is 22.2 Å². The highest BCUT2D eigenvalue weighted by atomic mass is 16.5. The second kappa shape index (κ2) is 8.35. The molecule has 21 heavy (non-hydrogen) atoms. The number of hydrogen-bond acceptors (Lipinski definition) is 3. The zero-order valence-corrected chi connectivity index (χ0v) is 13.0. The van der Waals surface area contributed by atoms with Crippen LogP contribution in [0.4, 0.5) is 5.95 Å². The number of nitrogens with one attached hydrogen (secondary N) is 2. The largest absolute Gasteiger partial charge is 0.496 e. The van der Waals surface area contributed by atoms with Gasteiger partial charge in [-0.2, -0.15) is 0 Å². The number of H-pyrrole nitrogens is 1. The fourth-order valence-corrected chi connectivity index (χ4v) is 2.35. The van der Waals surface area contributed by atoms with Gasteiger partial charge in [-0.3, -0.25) is 0 Å². The van der Waals surface area contributed by atoms with Gasteiger partial charge < -0.3 is 15.0 Å². The first-order valence-corrected chi connectivity index (χ1v) is 7.77. The van der Waals surface area contributed by atoms with Crippen molar-refractivity contribution in [3.8, 4) is 17.0 Å². The van der Waals surface area contributed by atoms with Crippen molar-refractivity contribution >= 4 is 5.95 Å². The van der Waals surface area contributed by atoms with Crippen LogP contribution in [0.2, 0.25) is 0 Å². The SMILES string of the molecule is CCCCCCCNc1ncc(-c2ccccc2OC)[nH]1. The number of benzene rings is 1. The van der Waals surface area contributed by atoms with Crippen LogP contribution >= 0.6 is 0 Å².